The second kappa shape index (κ2) is 6.51. The van der Waals surface area contributed by atoms with E-state index in [9.17, 15) is 8.42 Å². The van der Waals surface area contributed by atoms with Crippen molar-refractivity contribution < 1.29 is 13.2 Å². The molecule has 0 amide bonds. The van der Waals surface area contributed by atoms with E-state index in [4.69, 9.17) is 4.74 Å². The number of para-hydroxylation sites is 1. The standard InChI is InChI=1S/C17H18N2O3S2/c1-12(17-18-15-6-4-5-7-16(15)23-17)19(2)24(20,21)14-10-8-13(22-3)9-11-14/h4-12H,1-3H3/t12-/m0/s1. The van der Waals surface area contributed by atoms with Gasteiger partial charge in [0.1, 0.15) is 10.8 Å². The lowest BCUT2D eigenvalue weighted by Gasteiger charge is -2.22. The predicted molar refractivity (Wildman–Crippen MR) is 96.0 cm³/mol. The molecule has 0 fully saturated rings. The molecular formula is C17H18N2O3S2. The summed E-state index contributed by atoms with van der Waals surface area (Å²) in [5, 5.41) is 0.774. The first-order chi connectivity index (χ1) is 11.4. The van der Waals surface area contributed by atoms with Crippen LogP contribution in [0.2, 0.25) is 0 Å². The topological polar surface area (TPSA) is 59.5 Å². The zero-order valence-corrected chi connectivity index (χ0v) is 15.3. The van der Waals surface area contributed by atoms with Crippen molar-refractivity contribution in [3.63, 3.8) is 0 Å². The Hall–Kier alpha value is -1.96. The molecule has 0 aliphatic heterocycles. The summed E-state index contributed by atoms with van der Waals surface area (Å²) in [4.78, 5) is 4.80. The molecule has 2 aromatic carbocycles. The molecule has 0 unspecified atom stereocenters. The average Bonchev–Trinajstić information content (AvgIpc) is 3.04. The van der Waals surface area contributed by atoms with E-state index in [2.05, 4.69) is 4.98 Å². The number of thiazole rings is 1. The summed E-state index contributed by atoms with van der Waals surface area (Å²) in [6.07, 6.45) is 0. The first-order valence-electron chi connectivity index (χ1n) is 7.41. The molecule has 24 heavy (non-hydrogen) atoms. The summed E-state index contributed by atoms with van der Waals surface area (Å²) in [6.45, 7) is 1.85. The van der Waals surface area contributed by atoms with Crippen LogP contribution >= 0.6 is 11.3 Å². The average molecular weight is 362 g/mol. The molecular weight excluding hydrogens is 344 g/mol. The normalized spacial score (nSPS) is 13.3. The molecule has 3 rings (SSSR count). The fraction of sp³-hybridized carbons (Fsp3) is 0.235. The van der Waals surface area contributed by atoms with Gasteiger partial charge in [-0.15, -0.1) is 11.3 Å². The van der Waals surface area contributed by atoms with Crippen molar-refractivity contribution in [3.8, 4) is 5.75 Å². The van der Waals surface area contributed by atoms with E-state index >= 15 is 0 Å². The maximum atomic E-state index is 12.8. The highest BCUT2D eigenvalue weighted by molar-refractivity contribution is 7.89. The Morgan fingerprint density at radius 2 is 1.79 bits per heavy atom. The van der Waals surface area contributed by atoms with E-state index in [0.717, 1.165) is 15.2 Å². The van der Waals surface area contributed by atoms with Gasteiger partial charge in [-0.1, -0.05) is 12.1 Å². The zero-order valence-electron chi connectivity index (χ0n) is 13.6. The van der Waals surface area contributed by atoms with E-state index in [1.165, 1.54) is 15.6 Å². The molecule has 0 spiro atoms. The third kappa shape index (κ3) is 3.02. The minimum atomic E-state index is -3.60. The molecule has 3 aromatic rings. The summed E-state index contributed by atoms with van der Waals surface area (Å²) >= 11 is 1.51. The van der Waals surface area contributed by atoms with Gasteiger partial charge in [0.15, 0.2) is 0 Å². The van der Waals surface area contributed by atoms with Gasteiger partial charge >= 0.3 is 0 Å². The molecule has 0 aliphatic carbocycles. The number of sulfonamides is 1. The van der Waals surface area contributed by atoms with Crippen molar-refractivity contribution in [1.82, 2.24) is 9.29 Å². The maximum absolute atomic E-state index is 12.8. The lowest BCUT2D eigenvalue weighted by molar-refractivity contribution is 0.397. The number of methoxy groups -OCH3 is 1. The number of hydrogen-bond acceptors (Lipinski definition) is 5. The highest BCUT2D eigenvalue weighted by Crippen LogP contribution is 2.31. The van der Waals surface area contributed by atoms with Crippen molar-refractivity contribution in [2.24, 2.45) is 0 Å². The third-order valence-electron chi connectivity index (χ3n) is 3.95. The molecule has 0 N–H and O–H groups in total. The molecule has 5 nitrogen and oxygen atoms in total. The molecule has 0 radical (unpaired) electrons. The molecule has 0 bridgehead atoms. The van der Waals surface area contributed by atoms with Crippen LogP contribution in [0.15, 0.2) is 53.4 Å². The van der Waals surface area contributed by atoms with Crippen molar-refractivity contribution in [2.75, 3.05) is 14.2 Å². The van der Waals surface area contributed by atoms with E-state index in [0.29, 0.717) is 5.75 Å². The Morgan fingerprint density at radius 1 is 1.12 bits per heavy atom. The summed E-state index contributed by atoms with van der Waals surface area (Å²) in [7, 11) is -0.478. The zero-order chi connectivity index (χ0) is 17.3. The van der Waals surface area contributed by atoms with Gasteiger partial charge in [0, 0.05) is 7.05 Å². The number of fused-ring (bicyclic) bond motifs is 1. The minimum absolute atomic E-state index is 0.235. The quantitative estimate of drug-likeness (QED) is 0.695. The first-order valence-corrected chi connectivity index (χ1v) is 9.66. The lowest BCUT2D eigenvalue weighted by atomic mass is 10.3. The van der Waals surface area contributed by atoms with E-state index in [1.807, 2.05) is 31.2 Å². The van der Waals surface area contributed by atoms with Crippen LogP contribution in [0.1, 0.15) is 18.0 Å². The number of benzene rings is 2. The molecule has 7 heteroatoms. The Balaban J connectivity index is 1.91. The molecule has 0 saturated heterocycles. The van der Waals surface area contributed by atoms with Gasteiger partial charge in [0.25, 0.3) is 0 Å². The molecule has 0 aliphatic rings. The number of hydrogen-bond donors (Lipinski definition) is 0. The fourth-order valence-electron chi connectivity index (χ4n) is 2.35. The number of aromatic nitrogens is 1. The van der Waals surface area contributed by atoms with Gasteiger partial charge in [-0.25, -0.2) is 13.4 Å². The van der Waals surface area contributed by atoms with Crippen molar-refractivity contribution in [1.29, 1.82) is 0 Å². The van der Waals surface area contributed by atoms with Crippen LogP contribution in [0.25, 0.3) is 10.2 Å². The Morgan fingerprint density at radius 3 is 2.42 bits per heavy atom. The number of nitrogens with zero attached hydrogens (tertiary/aromatic N) is 2. The molecule has 1 atom stereocenters. The predicted octanol–water partition coefficient (Wildman–Crippen LogP) is 3.69. The smallest absolute Gasteiger partial charge is 0.243 e. The third-order valence-corrected chi connectivity index (χ3v) is 7.10. The van der Waals surface area contributed by atoms with Crippen LogP contribution in [0, 0.1) is 0 Å². The minimum Gasteiger partial charge on any atom is -0.497 e. The Labute approximate surface area is 145 Å². The van der Waals surface area contributed by atoms with Crippen LogP contribution in [0.3, 0.4) is 0 Å². The van der Waals surface area contributed by atoms with Crippen molar-refractivity contribution >= 4 is 31.6 Å². The lowest BCUT2D eigenvalue weighted by Crippen LogP contribution is -2.29. The molecule has 0 saturated carbocycles. The monoisotopic (exact) mass is 362 g/mol. The Kier molecular flexibility index (Phi) is 4.58. The summed E-state index contributed by atoms with van der Waals surface area (Å²) < 4.78 is 33.1. The molecule has 126 valence electrons. The highest BCUT2D eigenvalue weighted by atomic mass is 32.2. The summed E-state index contributed by atoms with van der Waals surface area (Å²) in [6, 6.07) is 13.8. The van der Waals surface area contributed by atoms with Crippen LogP contribution in [-0.4, -0.2) is 31.9 Å². The molecule has 1 aromatic heterocycles. The van der Waals surface area contributed by atoms with Gasteiger partial charge in [-0.3, -0.25) is 0 Å². The highest BCUT2D eigenvalue weighted by Gasteiger charge is 2.28. The van der Waals surface area contributed by atoms with Crippen LogP contribution in [0.5, 0.6) is 5.75 Å². The Bertz CT molecular complexity index is 916. The summed E-state index contributed by atoms with van der Waals surface area (Å²) in [5.41, 5.74) is 0.889. The largest absolute Gasteiger partial charge is 0.497 e. The van der Waals surface area contributed by atoms with E-state index in [1.54, 1.807) is 38.4 Å². The second-order valence-corrected chi connectivity index (χ2v) is 8.45. The SMILES string of the molecule is COc1ccc(S(=O)(=O)N(C)[C@@H](C)c2nc3ccccc3s2)cc1. The van der Waals surface area contributed by atoms with Crippen molar-refractivity contribution in [3.05, 3.63) is 53.5 Å². The number of ether oxygens (including phenoxy) is 1. The van der Waals surface area contributed by atoms with Gasteiger partial charge < -0.3 is 4.74 Å². The summed E-state index contributed by atoms with van der Waals surface area (Å²) in [5.74, 6) is 0.621. The number of rotatable bonds is 5. The van der Waals surface area contributed by atoms with E-state index < -0.39 is 10.0 Å². The van der Waals surface area contributed by atoms with Gasteiger partial charge in [-0.05, 0) is 43.3 Å². The maximum Gasteiger partial charge on any atom is 0.243 e. The fourth-order valence-corrected chi connectivity index (χ4v) is 4.80. The first kappa shape index (κ1) is 16.9. The van der Waals surface area contributed by atoms with Crippen LogP contribution in [-0.2, 0) is 10.0 Å². The second-order valence-electron chi connectivity index (χ2n) is 5.39. The van der Waals surface area contributed by atoms with Crippen molar-refractivity contribution in [2.45, 2.75) is 17.9 Å². The van der Waals surface area contributed by atoms with Crippen LogP contribution in [0.4, 0.5) is 0 Å². The molecule has 1 heterocycles. The van der Waals surface area contributed by atoms with Gasteiger partial charge in [0.05, 0.1) is 28.3 Å². The van der Waals surface area contributed by atoms with Gasteiger partial charge in [-0.2, -0.15) is 4.31 Å². The van der Waals surface area contributed by atoms with E-state index in [-0.39, 0.29) is 10.9 Å². The van der Waals surface area contributed by atoms with Gasteiger partial charge in [0.2, 0.25) is 10.0 Å². The van der Waals surface area contributed by atoms with Crippen LogP contribution < -0.4 is 4.74 Å².